The Balaban J connectivity index is 11.1. The number of unbranched alkanes of at least 4 members (excludes halogenated alkanes) is 84. The normalized spacial score (nSPS) is 12.8. The second-order valence-corrected chi connectivity index (χ2v) is 47.6. The first-order valence-corrected chi connectivity index (χ1v) is 65.0. The molecular formula is C126H256O3Si. The van der Waals surface area contributed by atoms with Crippen molar-refractivity contribution in [2.75, 3.05) is 0 Å². The number of hydrogen-bond donors (Lipinski definition) is 0. The van der Waals surface area contributed by atoms with Gasteiger partial charge in [0.2, 0.25) is 0 Å². The van der Waals surface area contributed by atoms with Crippen molar-refractivity contribution in [2.45, 2.75) is 800 Å². The maximum absolute atomic E-state index is 10.2. The van der Waals surface area contributed by atoms with E-state index in [1.165, 1.54) is 681 Å². The van der Waals surface area contributed by atoms with Crippen molar-refractivity contribution < 1.29 is 13.3 Å². The highest BCUT2D eigenvalue weighted by atomic mass is 28.4. The van der Waals surface area contributed by atoms with Crippen molar-refractivity contribution in [3.63, 3.8) is 0 Å². The standard InChI is InChI=1S/C126H256O3Si/c1-14-26-38-50-62-74-86-98-110-122(13)127-130(121-109-97-85-73-61-49-37-25-12,128-125(117-105-93-81-69-57-45-33-21-8,118-106-94-82-70-58-46-34-22-9)123(111-99-87-75-63-51-39-27-15-2,112-100-88-76-64-52-40-28-16-3)113-101-89-77-65-53-41-29-17-4)129-126(119-107-95-83-71-59-47-35-23-10,120-108-96-84-72-60-48-36-24-11)124(114-102-90-78-66-54-42-30-18-5,115-103-91-79-67-55-43-31-19-6)116-104-92-80-68-56-44-32-20-7/h122H,14-121H2,1-13H3. The van der Waals surface area contributed by atoms with Gasteiger partial charge in [-0.1, -0.05) is 693 Å². The van der Waals surface area contributed by atoms with Crippen molar-refractivity contribution in [1.82, 2.24) is 0 Å². The van der Waals surface area contributed by atoms with Gasteiger partial charge in [0, 0.05) is 12.1 Å². The van der Waals surface area contributed by atoms with Crippen LogP contribution in [0.5, 0.6) is 0 Å². The van der Waals surface area contributed by atoms with E-state index in [2.05, 4.69) is 90.0 Å². The summed E-state index contributed by atoms with van der Waals surface area (Å²) in [5.74, 6) is 0. The van der Waals surface area contributed by atoms with E-state index >= 15 is 0 Å². The molecule has 0 fully saturated rings. The molecule has 0 aliphatic carbocycles. The van der Waals surface area contributed by atoms with Crippen LogP contribution in [0.15, 0.2) is 0 Å². The molecule has 1 unspecified atom stereocenters. The van der Waals surface area contributed by atoms with Crippen LogP contribution < -0.4 is 0 Å². The second-order valence-electron chi connectivity index (χ2n) is 45.1. The Morgan fingerprint density at radius 3 is 0.423 bits per heavy atom. The van der Waals surface area contributed by atoms with Crippen molar-refractivity contribution in [1.29, 1.82) is 0 Å². The van der Waals surface area contributed by atoms with Crippen LogP contribution in [0, 0.1) is 10.8 Å². The summed E-state index contributed by atoms with van der Waals surface area (Å²) in [4.78, 5) is 0. The van der Waals surface area contributed by atoms with Crippen LogP contribution in [0.2, 0.25) is 6.04 Å². The van der Waals surface area contributed by atoms with Crippen molar-refractivity contribution in [3.8, 4) is 0 Å². The number of rotatable bonds is 116. The maximum Gasteiger partial charge on any atom is 0.502 e. The molecule has 0 heterocycles. The van der Waals surface area contributed by atoms with Gasteiger partial charge in [-0.3, -0.25) is 0 Å². The zero-order valence-electron chi connectivity index (χ0n) is 93.7. The van der Waals surface area contributed by atoms with Crippen LogP contribution in [-0.4, -0.2) is 26.1 Å². The Morgan fingerprint density at radius 1 is 0.146 bits per heavy atom. The Morgan fingerprint density at radius 2 is 0.269 bits per heavy atom. The minimum Gasteiger partial charge on any atom is -0.371 e. The summed E-state index contributed by atoms with van der Waals surface area (Å²) in [6.45, 7) is 31.8. The van der Waals surface area contributed by atoms with Gasteiger partial charge in [0.05, 0.1) is 11.2 Å². The molecule has 0 aromatic rings. The van der Waals surface area contributed by atoms with Gasteiger partial charge in [-0.25, -0.2) is 0 Å². The average Bonchev–Trinajstić information content (AvgIpc) is 0.731. The highest BCUT2D eigenvalue weighted by Gasteiger charge is 2.62. The van der Waals surface area contributed by atoms with E-state index in [1.807, 2.05) is 0 Å². The molecule has 0 aromatic heterocycles. The molecule has 0 spiro atoms. The molecular weight excluding hydrogens is 1590 g/mol. The third kappa shape index (κ3) is 75.0. The first-order valence-electron chi connectivity index (χ1n) is 63.1. The summed E-state index contributed by atoms with van der Waals surface area (Å²) in [7, 11) is -3.82. The van der Waals surface area contributed by atoms with E-state index in [1.54, 1.807) is 0 Å². The molecule has 782 valence electrons. The fraction of sp³-hybridized carbons (Fsp3) is 1.00. The van der Waals surface area contributed by atoms with Crippen LogP contribution in [0.3, 0.4) is 0 Å². The molecule has 0 aromatic carbocycles. The Labute approximate surface area is 827 Å². The minimum absolute atomic E-state index is 0.0633. The van der Waals surface area contributed by atoms with Gasteiger partial charge in [-0.2, -0.15) is 0 Å². The summed E-state index contributed by atoms with van der Waals surface area (Å²) in [5.41, 5.74) is -0.504. The lowest BCUT2D eigenvalue weighted by Crippen LogP contribution is -2.65. The Kier molecular flexibility index (Phi) is 102. The molecule has 0 N–H and O–H groups in total. The van der Waals surface area contributed by atoms with Gasteiger partial charge >= 0.3 is 8.80 Å². The van der Waals surface area contributed by atoms with Gasteiger partial charge in [-0.05, 0) is 94.8 Å². The molecule has 0 saturated carbocycles. The van der Waals surface area contributed by atoms with Gasteiger partial charge in [0.15, 0.2) is 0 Å². The first-order chi connectivity index (χ1) is 64.0. The van der Waals surface area contributed by atoms with E-state index in [9.17, 15) is 13.3 Å². The van der Waals surface area contributed by atoms with Crippen LogP contribution in [-0.2, 0) is 13.3 Å². The fourth-order valence-corrected chi connectivity index (χ4v) is 27.7. The summed E-state index contributed by atoms with van der Waals surface area (Å²) in [6.07, 6.45) is 147. The average molecular weight is 1850 g/mol. The lowest BCUT2D eigenvalue weighted by Gasteiger charge is -2.59. The molecule has 0 amide bonds. The van der Waals surface area contributed by atoms with Gasteiger partial charge in [0.1, 0.15) is 0 Å². The third-order valence-corrected chi connectivity index (χ3v) is 35.7. The summed E-state index contributed by atoms with van der Waals surface area (Å²) in [6, 6.07) is 1.05. The molecule has 0 radical (unpaired) electrons. The minimum atomic E-state index is -3.82. The lowest BCUT2D eigenvalue weighted by atomic mass is 9.59. The summed E-state index contributed by atoms with van der Waals surface area (Å²) in [5, 5.41) is 0. The molecule has 4 heteroatoms. The third-order valence-electron chi connectivity index (χ3n) is 32.6. The molecule has 0 rings (SSSR count). The molecule has 130 heavy (non-hydrogen) atoms. The highest BCUT2D eigenvalue weighted by molar-refractivity contribution is 6.61. The monoisotopic (exact) mass is 1850 g/mol. The summed E-state index contributed by atoms with van der Waals surface area (Å²) < 4.78 is 29.6. The maximum atomic E-state index is 10.2. The molecule has 1 atom stereocenters. The molecule has 0 aliphatic heterocycles. The van der Waals surface area contributed by atoms with Crippen molar-refractivity contribution in [2.24, 2.45) is 10.8 Å². The number of hydrogen-bond acceptors (Lipinski definition) is 3. The SMILES string of the molecule is CCCCCCCCCCC(C)O[Si](CCCCCCCCCC)(OC(CCCCCCCCCC)(CCCCCCCCCC)C(CCCCCCCCCC)(CCCCCCCCCC)CCCCCCCCCC)OC(CCCCCCCCCC)(CCCCCCCCCC)C(CCCCCCCCCC)(CCCCCCCCCC)CCCCCCCCCC. The van der Waals surface area contributed by atoms with Gasteiger partial charge in [0.25, 0.3) is 0 Å². The van der Waals surface area contributed by atoms with Crippen LogP contribution in [0.4, 0.5) is 0 Å². The van der Waals surface area contributed by atoms with Crippen LogP contribution in [0.1, 0.15) is 777 Å². The van der Waals surface area contributed by atoms with E-state index in [0.29, 0.717) is 0 Å². The van der Waals surface area contributed by atoms with Gasteiger partial charge in [-0.15, -0.1) is 0 Å². The largest absolute Gasteiger partial charge is 0.502 e. The lowest BCUT2D eigenvalue weighted by molar-refractivity contribution is -0.184. The molecule has 3 nitrogen and oxygen atoms in total. The van der Waals surface area contributed by atoms with E-state index in [-0.39, 0.29) is 28.1 Å². The van der Waals surface area contributed by atoms with E-state index < -0.39 is 8.80 Å². The fourth-order valence-electron chi connectivity index (χ4n) is 23.8. The zero-order valence-corrected chi connectivity index (χ0v) is 94.7. The summed E-state index contributed by atoms with van der Waals surface area (Å²) >= 11 is 0. The highest BCUT2D eigenvalue weighted by Crippen LogP contribution is 2.59. The van der Waals surface area contributed by atoms with Crippen LogP contribution in [0.25, 0.3) is 0 Å². The Bertz CT molecular complexity index is 1830. The smallest absolute Gasteiger partial charge is 0.371 e. The van der Waals surface area contributed by atoms with E-state index in [4.69, 9.17) is 0 Å². The quantitative estimate of drug-likeness (QED) is 0.0449. The topological polar surface area (TPSA) is 27.7 Å². The Hall–Kier alpha value is 0.0969. The molecule has 0 bridgehead atoms. The van der Waals surface area contributed by atoms with E-state index in [0.717, 1.165) is 12.5 Å². The van der Waals surface area contributed by atoms with Crippen molar-refractivity contribution in [3.05, 3.63) is 0 Å². The van der Waals surface area contributed by atoms with Gasteiger partial charge < -0.3 is 13.3 Å². The predicted octanol–water partition coefficient (Wildman–Crippen LogP) is 47.8. The second kappa shape index (κ2) is 102. The van der Waals surface area contributed by atoms with Crippen LogP contribution >= 0.6 is 0 Å². The molecule has 0 saturated heterocycles. The van der Waals surface area contributed by atoms with Crippen molar-refractivity contribution >= 4 is 8.80 Å². The first kappa shape index (κ1) is 130. The predicted molar refractivity (Wildman–Crippen MR) is 596 cm³/mol. The molecule has 0 aliphatic rings. The zero-order chi connectivity index (χ0) is 94.6.